The Balaban J connectivity index is 2.36. The Morgan fingerprint density at radius 2 is 1.93 bits per heavy atom. The number of benzene rings is 1. The second-order valence-corrected chi connectivity index (χ2v) is 3.34. The first-order chi connectivity index (χ1) is 6.68. The van der Waals surface area contributed by atoms with Crippen LogP contribution in [0.1, 0.15) is 17.9 Å². The molecule has 14 heavy (non-hydrogen) atoms. The minimum absolute atomic E-state index is 0.0193. The summed E-state index contributed by atoms with van der Waals surface area (Å²) in [5.41, 5.74) is 0.0193. The summed E-state index contributed by atoms with van der Waals surface area (Å²) in [7, 11) is 0. The van der Waals surface area contributed by atoms with Crippen molar-refractivity contribution in [1.29, 1.82) is 0 Å². The van der Waals surface area contributed by atoms with Gasteiger partial charge in [0.2, 0.25) is 5.91 Å². The molecule has 1 aromatic carbocycles. The van der Waals surface area contributed by atoms with E-state index in [2.05, 4.69) is 5.32 Å². The molecule has 1 N–H and O–H groups in total. The van der Waals surface area contributed by atoms with Gasteiger partial charge in [0.05, 0.1) is 0 Å². The van der Waals surface area contributed by atoms with Crippen molar-refractivity contribution in [1.82, 2.24) is 5.32 Å². The van der Waals surface area contributed by atoms with E-state index in [9.17, 15) is 13.6 Å². The molecule has 1 atom stereocenters. The Bertz CT molecular complexity index is 358. The average molecular weight is 197 g/mol. The van der Waals surface area contributed by atoms with Crippen molar-refractivity contribution in [2.45, 2.75) is 12.3 Å². The van der Waals surface area contributed by atoms with Gasteiger partial charge in [0, 0.05) is 24.4 Å². The molecule has 0 spiro atoms. The van der Waals surface area contributed by atoms with Crippen LogP contribution < -0.4 is 5.32 Å². The molecule has 1 aromatic rings. The lowest BCUT2D eigenvalue weighted by Crippen LogP contribution is -2.14. The fourth-order valence-corrected chi connectivity index (χ4v) is 1.71. The quantitative estimate of drug-likeness (QED) is 0.727. The predicted octanol–water partition coefficient (Wildman–Crippen LogP) is 1.57. The summed E-state index contributed by atoms with van der Waals surface area (Å²) >= 11 is 0. The molecule has 1 heterocycles. The fourth-order valence-electron chi connectivity index (χ4n) is 1.71. The average Bonchev–Trinajstić information content (AvgIpc) is 2.51. The third-order valence-electron chi connectivity index (χ3n) is 2.39. The van der Waals surface area contributed by atoms with Crippen LogP contribution in [0.5, 0.6) is 0 Å². The van der Waals surface area contributed by atoms with Crippen LogP contribution in [0.25, 0.3) is 0 Å². The van der Waals surface area contributed by atoms with Crippen molar-refractivity contribution in [2.75, 3.05) is 6.54 Å². The lowest BCUT2D eigenvalue weighted by atomic mass is 9.97. The molecule has 0 aromatic heterocycles. The van der Waals surface area contributed by atoms with E-state index in [1.54, 1.807) is 0 Å². The van der Waals surface area contributed by atoms with Crippen molar-refractivity contribution in [3.8, 4) is 0 Å². The SMILES string of the molecule is O=C1C[C@H](c2c(F)cccc2F)CN1. The van der Waals surface area contributed by atoms with Crippen molar-refractivity contribution in [3.63, 3.8) is 0 Å². The van der Waals surface area contributed by atoms with E-state index >= 15 is 0 Å². The van der Waals surface area contributed by atoms with E-state index in [0.29, 0.717) is 6.54 Å². The number of rotatable bonds is 1. The second-order valence-electron chi connectivity index (χ2n) is 3.34. The highest BCUT2D eigenvalue weighted by Gasteiger charge is 2.27. The molecule has 4 heteroatoms. The molecule has 2 nitrogen and oxygen atoms in total. The Morgan fingerprint density at radius 3 is 2.43 bits per heavy atom. The largest absolute Gasteiger partial charge is 0.355 e. The molecule has 0 radical (unpaired) electrons. The third kappa shape index (κ3) is 1.47. The molecule has 0 bridgehead atoms. The van der Waals surface area contributed by atoms with Crippen LogP contribution in [-0.2, 0) is 4.79 Å². The van der Waals surface area contributed by atoms with Crippen LogP contribution in [0, 0.1) is 11.6 Å². The molecule has 1 amide bonds. The lowest BCUT2D eigenvalue weighted by Gasteiger charge is -2.09. The summed E-state index contributed by atoms with van der Waals surface area (Å²) in [4.78, 5) is 10.9. The molecule has 74 valence electrons. The molecular formula is C10H9F2NO. The van der Waals surface area contributed by atoms with Crippen LogP contribution in [-0.4, -0.2) is 12.5 Å². The number of halogens is 2. The predicted molar refractivity (Wildman–Crippen MR) is 46.7 cm³/mol. The molecule has 0 aliphatic carbocycles. The number of hydrogen-bond acceptors (Lipinski definition) is 1. The highest BCUT2D eigenvalue weighted by Crippen LogP contribution is 2.27. The van der Waals surface area contributed by atoms with Crippen LogP contribution in [0.4, 0.5) is 8.78 Å². The Hall–Kier alpha value is -1.45. The van der Waals surface area contributed by atoms with E-state index in [1.165, 1.54) is 18.2 Å². The van der Waals surface area contributed by atoms with E-state index in [0.717, 1.165) is 0 Å². The summed E-state index contributed by atoms with van der Waals surface area (Å²) < 4.78 is 26.5. The zero-order chi connectivity index (χ0) is 10.1. The van der Waals surface area contributed by atoms with Gasteiger partial charge >= 0.3 is 0 Å². The topological polar surface area (TPSA) is 29.1 Å². The van der Waals surface area contributed by atoms with Gasteiger partial charge < -0.3 is 5.32 Å². The van der Waals surface area contributed by atoms with Gasteiger partial charge in [-0.3, -0.25) is 4.79 Å². The molecule has 0 unspecified atom stereocenters. The minimum Gasteiger partial charge on any atom is -0.355 e. The van der Waals surface area contributed by atoms with Crippen LogP contribution in [0.3, 0.4) is 0 Å². The lowest BCUT2D eigenvalue weighted by molar-refractivity contribution is -0.119. The maximum atomic E-state index is 13.3. The Morgan fingerprint density at radius 1 is 1.29 bits per heavy atom. The highest BCUT2D eigenvalue weighted by atomic mass is 19.1. The monoisotopic (exact) mass is 197 g/mol. The van der Waals surface area contributed by atoms with Crippen molar-refractivity contribution in [2.24, 2.45) is 0 Å². The number of carbonyl (C=O) groups excluding carboxylic acids is 1. The van der Waals surface area contributed by atoms with Gasteiger partial charge in [-0.1, -0.05) is 6.07 Å². The first-order valence-electron chi connectivity index (χ1n) is 4.39. The van der Waals surface area contributed by atoms with Gasteiger partial charge in [-0.15, -0.1) is 0 Å². The number of hydrogen-bond donors (Lipinski definition) is 1. The van der Waals surface area contributed by atoms with E-state index in [4.69, 9.17) is 0 Å². The van der Waals surface area contributed by atoms with Gasteiger partial charge in [0.1, 0.15) is 11.6 Å². The first kappa shape index (κ1) is 9.12. The Labute approximate surface area is 79.9 Å². The third-order valence-corrected chi connectivity index (χ3v) is 2.39. The van der Waals surface area contributed by atoms with E-state index < -0.39 is 11.6 Å². The number of nitrogens with one attached hydrogen (secondary N) is 1. The van der Waals surface area contributed by atoms with E-state index in [1.807, 2.05) is 0 Å². The maximum absolute atomic E-state index is 13.3. The van der Waals surface area contributed by atoms with Gasteiger partial charge in [-0.25, -0.2) is 8.78 Å². The molecule has 0 saturated carbocycles. The zero-order valence-electron chi connectivity index (χ0n) is 7.39. The molecule has 1 aliphatic rings. The minimum atomic E-state index is -0.577. The molecule has 1 aliphatic heterocycles. The summed E-state index contributed by atoms with van der Waals surface area (Å²) in [6.07, 6.45) is 0.165. The van der Waals surface area contributed by atoms with Crippen molar-refractivity contribution < 1.29 is 13.6 Å². The maximum Gasteiger partial charge on any atom is 0.220 e. The smallest absolute Gasteiger partial charge is 0.220 e. The number of carbonyl (C=O) groups is 1. The molecule has 2 rings (SSSR count). The van der Waals surface area contributed by atoms with Crippen LogP contribution in [0.2, 0.25) is 0 Å². The fraction of sp³-hybridized carbons (Fsp3) is 0.300. The summed E-state index contributed by atoms with van der Waals surface area (Å²) in [5.74, 6) is -1.68. The van der Waals surface area contributed by atoms with Gasteiger partial charge in [-0.2, -0.15) is 0 Å². The van der Waals surface area contributed by atoms with E-state index in [-0.39, 0.29) is 23.8 Å². The van der Waals surface area contributed by atoms with Gasteiger partial charge in [0.25, 0.3) is 0 Å². The second kappa shape index (κ2) is 3.36. The number of amides is 1. The summed E-state index contributed by atoms with van der Waals surface area (Å²) in [6, 6.07) is 3.74. The molecular weight excluding hydrogens is 188 g/mol. The first-order valence-corrected chi connectivity index (χ1v) is 4.39. The summed E-state index contributed by atoms with van der Waals surface area (Å²) in [6.45, 7) is 0.316. The zero-order valence-corrected chi connectivity index (χ0v) is 7.39. The Kier molecular flexibility index (Phi) is 2.19. The van der Waals surface area contributed by atoms with Crippen LogP contribution in [0.15, 0.2) is 18.2 Å². The summed E-state index contributed by atoms with van der Waals surface area (Å²) in [5, 5.41) is 2.55. The highest BCUT2D eigenvalue weighted by molar-refractivity contribution is 5.79. The molecule has 1 fully saturated rings. The standard InChI is InChI=1S/C10H9F2NO/c11-7-2-1-3-8(12)10(7)6-4-9(14)13-5-6/h1-3,6H,4-5H2,(H,13,14)/t6-/m0/s1. The van der Waals surface area contributed by atoms with Crippen molar-refractivity contribution >= 4 is 5.91 Å². The normalized spacial score (nSPS) is 21.0. The van der Waals surface area contributed by atoms with Crippen molar-refractivity contribution in [3.05, 3.63) is 35.4 Å². The van der Waals surface area contributed by atoms with Gasteiger partial charge in [0.15, 0.2) is 0 Å². The van der Waals surface area contributed by atoms with Crippen LogP contribution >= 0.6 is 0 Å². The molecule has 1 saturated heterocycles. The van der Waals surface area contributed by atoms with Gasteiger partial charge in [-0.05, 0) is 12.1 Å².